The molecule has 1 aromatic heterocycles. The summed E-state index contributed by atoms with van der Waals surface area (Å²) in [7, 11) is 0. The van der Waals surface area contributed by atoms with Crippen molar-refractivity contribution >= 4 is 16.9 Å². The Morgan fingerprint density at radius 1 is 0.875 bits per heavy atom. The van der Waals surface area contributed by atoms with Crippen molar-refractivity contribution in [1.29, 1.82) is 0 Å². The summed E-state index contributed by atoms with van der Waals surface area (Å²) in [6.45, 7) is 2.01. The van der Waals surface area contributed by atoms with E-state index in [1.807, 2.05) is 0 Å². The van der Waals surface area contributed by atoms with Gasteiger partial charge in [-0.3, -0.25) is 0 Å². The smallest absolute Gasteiger partial charge is 0.0213 e. The van der Waals surface area contributed by atoms with E-state index in [0.29, 0.717) is 0 Å². The van der Waals surface area contributed by atoms with E-state index >= 15 is 0 Å². The first-order chi connectivity index (χ1) is 11.9. The third-order valence-corrected chi connectivity index (χ3v) is 4.72. The quantitative estimate of drug-likeness (QED) is 0.518. The number of thiophene rings is 1. The van der Waals surface area contributed by atoms with Gasteiger partial charge in [0.25, 0.3) is 0 Å². The zero-order valence-electron chi connectivity index (χ0n) is 13.8. The van der Waals surface area contributed by atoms with Crippen molar-refractivity contribution in [3.8, 4) is 0 Å². The molecule has 0 aliphatic carbocycles. The van der Waals surface area contributed by atoms with E-state index < -0.39 is 0 Å². The lowest BCUT2D eigenvalue weighted by Crippen LogP contribution is -2.13. The van der Waals surface area contributed by atoms with Gasteiger partial charge in [-0.1, -0.05) is 66.7 Å². The summed E-state index contributed by atoms with van der Waals surface area (Å²) in [6, 6.07) is 23.5. The van der Waals surface area contributed by atoms with Gasteiger partial charge in [0.1, 0.15) is 0 Å². The van der Waals surface area contributed by atoms with Crippen LogP contribution in [0.3, 0.4) is 0 Å². The van der Waals surface area contributed by atoms with Crippen LogP contribution in [0.5, 0.6) is 0 Å². The first-order valence-electron chi connectivity index (χ1n) is 8.46. The van der Waals surface area contributed by atoms with Crippen molar-refractivity contribution in [1.82, 2.24) is 5.32 Å². The first kappa shape index (κ1) is 16.7. The Bertz CT molecular complexity index is 689. The Labute approximate surface area is 148 Å². The molecule has 0 radical (unpaired) electrons. The lowest BCUT2D eigenvalue weighted by molar-refractivity contribution is 0.656. The fraction of sp³-hybridized carbons (Fsp3) is 0.182. The minimum Gasteiger partial charge on any atom is -0.313 e. The summed E-state index contributed by atoms with van der Waals surface area (Å²) in [5, 5.41) is 7.85. The maximum Gasteiger partial charge on any atom is 0.0213 e. The fourth-order valence-electron chi connectivity index (χ4n) is 2.74. The Hall–Kier alpha value is -2.16. The maximum atomic E-state index is 3.52. The summed E-state index contributed by atoms with van der Waals surface area (Å²) in [6.07, 6.45) is 4.60. The molecule has 0 aliphatic rings. The second-order valence-electron chi connectivity index (χ2n) is 5.80. The highest BCUT2D eigenvalue weighted by Gasteiger charge is 2.03. The van der Waals surface area contributed by atoms with E-state index in [9.17, 15) is 0 Å². The highest BCUT2D eigenvalue weighted by molar-refractivity contribution is 7.07. The van der Waals surface area contributed by atoms with Crippen LogP contribution in [-0.4, -0.2) is 6.54 Å². The van der Waals surface area contributed by atoms with Crippen molar-refractivity contribution in [3.63, 3.8) is 0 Å². The van der Waals surface area contributed by atoms with Gasteiger partial charge in [0.2, 0.25) is 0 Å². The van der Waals surface area contributed by atoms with Crippen molar-refractivity contribution < 1.29 is 0 Å². The molecule has 3 rings (SSSR count). The van der Waals surface area contributed by atoms with Gasteiger partial charge in [-0.25, -0.2) is 0 Å². The summed E-state index contributed by atoms with van der Waals surface area (Å²) >= 11 is 1.76. The molecule has 2 aromatic carbocycles. The molecule has 0 saturated heterocycles. The Balaban J connectivity index is 1.58. The van der Waals surface area contributed by atoms with E-state index in [2.05, 4.69) is 88.9 Å². The topological polar surface area (TPSA) is 12.0 Å². The predicted octanol–water partition coefficient (Wildman–Crippen LogP) is 5.75. The normalized spacial score (nSPS) is 10.5. The maximum absolute atomic E-state index is 3.52. The highest BCUT2D eigenvalue weighted by atomic mass is 32.1. The third kappa shape index (κ3) is 4.92. The van der Waals surface area contributed by atoms with E-state index in [4.69, 9.17) is 0 Å². The number of allylic oxidation sites excluding steroid dienone is 1. The van der Waals surface area contributed by atoms with E-state index in [-0.39, 0.29) is 0 Å². The minimum atomic E-state index is 0.970. The molecule has 0 aliphatic heterocycles. The predicted molar refractivity (Wildman–Crippen MR) is 105 cm³/mol. The zero-order valence-corrected chi connectivity index (χ0v) is 14.6. The van der Waals surface area contributed by atoms with Gasteiger partial charge in [-0.2, -0.15) is 11.3 Å². The van der Waals surface area contributed by atoms with Gasteiger partial charge in [0.05, 0.1) is 0 Å². The highest BCUT2D eigenvalue weighted by Crippen LogP contribution is 2.23. The van der Waals surface area contributed by atoms with E-state index in [1.165, 1.54) is 22.3 Å². The van der Waals surface area contributed by atoms with Crippen LogP contribution in [-0.2, 0) is 6.54 Å². The molecule has 0 fully saturated rings. The molecule has 24 heavy (non-hydrogen) atoms. The van der Waals surface area contributed by atoms with Gasteiger partial charge in [-0.15, -0.1) is 0 Å². The molecule has 1 N–H and O–H groups in total. The molecule has 3 aromatic rings. The Morgan fingerprint density at radius 3 is 2.12 bits per heavy atom. The summed E-state index contributed by atoms with van der Waals surface area (Å²) < 4.78 is 0. The minimum absolute atomic E-state index is 0.970. The van der Waals surface area contributed by atoms with Crippen LogP contribution in [0.1, 0.15) is 29.5 Å². The number of unbranched alkanes of at least 4 members (excludes halogenated alkanes) is 1. The molecular formula is C22H23NS. The summed E-state index contributed by atoms with van der Waals surface area (Å²) in [4.78, 5) is 0. The number of rotatable bonds is 8. The number of hydrogen-bond donors (Lipinski definition) is 1. The van der Waals surface area contributed by atoms with Crippen molar-refractivity contribution in [3.05, 3.63) is 100 Å². The molecular weight excluding hydrogens is 310 g/mol. The SMILES string of the molecule is C(CCCNCc1ccsc1)=C(c1ccccc1)c1ccccc1. The van der Waals surface area contributed by atoms with Crippen LogP contribution < -0.4 is 5.32 Å². The first-order valence-corrected chi connectivity index (χ1v) is 9.40. The lowest BCUT2D eigenvalue weighted by atomic mass is 9.96. The third-order valence-electron chi connectivity index (χ3n) is 3.98. The van der Waals surface area contributed by atoms with Crippen LogP contribution in [0.2, 0.25) is 0 Å². The molecule has 122 valence electrons. The summed E-state index contributed by atoms with van der Waals surface area (Å²) in [5.41, 5.74) is 5.28. The molecule has 0 spiro atoms. The molecule has 0 saturated carbocycles. The van der Waals surface area contributed by atoms with Gasteiger partial charge < -0.3 is 5.32 Å². The molecule has 0 atom stereocenters. The average molecular weight is 334 g/mol. The van der Waals surface area contributed by atoms with Crippen LogP contribution in [0.25, 0.3) is 5.57 Å². The molecule has 2 heteroatoms. The molecule has 0 amide bonds. The van der Waals surface area contributed by atoms with Crippen LogP contribution in [0, 0.1) is 0 Å². The second-order valence-corrected chi connectivity index (χ2v) is 6.58. The standard InChI is InChI=1S/C22H23NS/c1-3-9-20(10-4-1)22(21-11-5-2-6-12-21)13-7-8-15-23-17-19-14-16-24-18-19/h1-6,9-14,16,18,23H,7-8,15,17H2. The molecule has 0 bridgehead atoms. The zero-order chi connectivity index (χ0) is 16.5. The summed E-state index contributed by atoms with van der Waals surface area (Å²) in [5.74, 6) is 0. The van der Waals surface area contributed by atoms with Crippen LogP contribution in [0.15, 0.2) is 83.6 Å². The van der Waals surface area contributed by atoms with E-state index in [1.54, 1.807) is 11.3 Å². The molecule has 1 nitrogen and oxygen atoms in total. The number of benzene rings is 2. The monoisotopic (exact) mass is 333 g/mol. The number of hydrogen-bond acceptors (Lipinski definition) is 2. The number of nitrogens with one attached hydrogen (secondary N) is 1. The Morgan fingerprint density at radius 2 is 1.54 bits per heavy atom. The fourth-order valence-corrected chi connectivity index (χ4v) is 3.41. The molecule has 1 heterocycles. The molecule has 0 unspecified atom stereocenters. The van der Waals surface area contributed by atoms with Gasteiger partial charge in [-0.05, 0) is 58.5 Å². The van der Waals surface area contributed by atoms with Crippen molar-refractivity contribution in [2.24, 2.45) is 0 Å². The second kappa shape index (κ2) is 9.21. The van der Waals surface area contributed by atoms with Crippen LogP contribution >= 0.6 is 11.3 Å². The van der Waals surface area contributed by atoms with Crippen molar-refractivity contribution in [2.75, 3.05) is 6.54 Å². The average Bonchev–Trinajstić information content (AvgIpc) is 3.16. The van der Waals surface area contributed by atoms with Crippen LogP contribution in [0.4, 0.5) is 0 Å². The van der Waals surface area contributed by atoms with Gasteiger partial charge in [0, 0.05) is 6.54 Å². The Kier molecular flexibility index (Phi) is 6.41. The largest absolute Gasteiger partial charge is 0.313 e. The lowest BCUT2D eigenvalue weighted by Gasteiger charge is -2.09. The van der Waals surface area contributed by atoms with Gasteiger partial charge >= 0.3 is 0 Å². The van der Waals surface area contributed by atoms with Gasteiger partial charge in [0.15, 0.2) is 0 Å². The van der Waals surface area contributed by atoms with E-state index in [0.717, 1.165) is 25.9 Å². The van der Waals surface area contributed by atoms with Crippen molar-refractivity contribution in [2.45, 2.75) is 19.4 Å².